The van der Waals surface area contributed by atoms with Crippen LogP contribution >= 0.6 is 11.8 Å². The molecule has 0 spiro atoms. The highest BCUT2D eigenvalue weighted by Crippen LogP contribution is 2.27. The van der Waals surface area contributed by atoms with Crippen molar-refractivity contribution in [2.75, 3.05) is 0 Å². The van der Waals surface area contributed by atoms with E-state index in [2.05, 4.69) is 0 Å². The Labute approximate surface area is 122 Å². The molecule has 0 fully saturated rings. The van der Waals surface area contributed by atoms with Gasteiger partial charge in [-0.1, -0.05) is 44.2 Å². The molecule has 2 rings (SSSR count). The van der Waals surface area contributed by atoms with Crippen LogP contribution in [0.2, 0.25) is 0 Å². The van der Waals surface area contributed by atoms with Gasteiger partial charge in [-0.3, -0.25) is 10.1 Å². The van der Waals surface area contributed by atoms with Gasteiger partial charge in [0.05, 0.1) is 11.0 Å². The quantitative estimate of drug-likeness (QED) is 0.450. The fourth-order valence-corrected chi connectivity index (χ4v) is 2.40. The van der Waals surface area contributed by atoms with Gasteiger partial charge in [-0.15, -0.1) is 11.8 Å². The summed E-state index contributed by atoms with van der Waals surface area (Å²) in [7, 11) is 0. The third-order valence-electron chi connectivity index (χ3n) is 2.32. The third-order valence-corrected chi connectivity index (χ3v) is 3.36. The fraction of sp³-hybridized carbons (Fsp3) is 0.200. The molecular formula is C15H16FNO2S. The van der Waals surface area contributed by atoms with Crippen LogP contribution in [-0.4, -0.2) is 4.92 Å². The summed E-state index contributed by atoms with van der Waals surface area (Å²) in [5, 5.41) is 10.6. The van der Waals surface area contributed by atoms with Gasteiger partial charge in [0.25, 0.3) is 5.69 Å². The third kappa shape index (κ3) is 5.01. The number of nitro groups is 1. The molecule has 5 heteroatoms. The van der Waals surface area contributed by atoms with Crippen molar-refractivity contribution >= 4 is 17.4 Å². The molecule has 0 aliphatic carbocycles. The molecule has 106 valence electrons. The maximum Gasteiger partial charge on any atom is 0.273 e. The van der Waals surface area contributed by atoms with Gasteiger partial charge in [-0.25, -0.2) is 4.39 Å². The molecule has 3 nitrogen and oxygen atoms in total. The monoisotopic (exact) mass is 293 g/mol. The van der Waals surface area contributed by atoms with Crippen LogP contribution < -0.4 is 0 Å². The molecule has 0 amide bonds. The van der Waals surface area contributed by atoms with E-state index in [1.165, 1.54) is 23.9 Å². The lowest BCUT2D eigenvalue weighted by atomic mass is 10.2. The number of hydrogen-bond acceptors (Lipinski definition) is 3. The van der Waals surface area contributed by atoms with Gasteiger partial charge < -0.3 is 0 Å². The van der Waals surface area contributed by atoms with E-state index in [1.54, 1.807) is 0 Å². The van der Waals surface area contributed by atoms with Crippen molar-refractivity contribution in [3.8, 4) is 0 Å². The van der Waals surface area contributed by atoms with Crippen molar-refractivity contribution in [1.29, 1.82) is 0 Å². The second-order valence-corrected chi connectivity index (χ2v) is 4.73. The average Bonchev–Trinajstić information content (AvgIpc) is 2.48. The highest BCUT2D eigenvalue weighted by atomic mass is 32.2. The number of nitrogens with zero attached hydrogens (tertiary/aromatic N) is 1. The van der Waals surface area contributed by atoms with Gasteiger partial charge in [-0.05, 0) is 11.6 Å². The van der Waals surface area contributed by atoms with Gasteiger partial charge in [0.15, 0.2) is 0 Å². The molecule has 0 aliphatic rings. The van der Waals surface area contributed by atoms with E-state index in [-0.39, 0.29) is 5.69 Å². The summed E-state index contributed by atoms with van der Waals surface area (Å²) in [6.45, 7) is 4.00. The summed E-state index contributed by atoms with van der Waals surface area (Å²) in [5.74, 6) is 0.0707. The van der Waals surface area contributed by atoms with Crippen LogP contribution in [0, 0.1) is 15.9 Å². The van der Waals surface area contributed by atoms with E-state index in [0.717, 1.165) is 11.6 Å². The summed E-state index contributed by atoms with van der Waals surface area (Å²) in [4.78, 5) is 10.6. The SMILES string of the molecule is CC.O=[N+]([O-])c1cc(F)cc(SCc2ccccc2)c1. The first-order valence-electron chi connectivity index (χ1n) is 6.27. The maximum absolute atomic E-state index is 13.2. The summed E-state index contributed by atoms with van der Waals surface area (Å²) in [5.41, 5.74) is 0.875. The normalized spacial score (nSPS) is 9.55. The predicted octanol–water partition coefficient (Wildman–Crippen LogP) is 5.05. The zero-order valence-electron chi connectivity index (χ0n) is 11.4. The summed E-state index contributed by atoms with van der Waals surface area (Å²) in [6.07, 6.45) is 0. The molecule has 0 unspecified atom stereocenters. The van der Waals surface area contributed by atoms with Gasteiger partial charge in [-0.2, -0.15) is 0 Å². The van der Waals surface area contributed by atoms with Gasteiger partial charge >= 0.3 is 0 Å². The fourth-order valence-electron chi connectivity index (χ4n) is 1.48. The molecule has 0 heterocycles. The molecule has 2 aromatic rings. The average molecular weight is 293 g/mol. The Morgan fingerprint density at radius 3 is 2.40 bits per heavy atom. The standard InChI is InChI=1S/C13H10FNO2S.C2H6/c14-11-6-12(15(16)17)8-13(7-11)18-9-10-4-2-1-3-5-10;1-2/h1-8H,9H2;1-2H3. The molecule has 0 radical (unpaired) electrons. The van der Waals surface area contributed by atoms with Crippen molar-refractivity contribution in [3.63, 3.8) is 0 Å². The molecule has 0 saturated carbocycles. The molecule has 2 aromatic carbocycles. The van der Waals surface area contributed by atoms with Crippen molar-refractivity contribution in [2.45, 2.75) is 24.5 Å². The highest BCUT2D eigenvalue weighted by Gasteiger charge is 2.10. The van der Waals surface area contributed by atoms with E-state index >= 15 is 0 Å². The zero-order chi connectivity index (χ0) is 15.0. The van der Waals surface area contributed by atoms with Crippen LogP contribution in [0.15, 0.2) is 53.4 Å². The minimum atomic E-state index is -0.588. The molecule has 0 aliphatic heterocycles. The summed E-state index contributed by atoms with van der Waals surface area (Å²) >= 11 is 1.37. The Hall–Kier alpha value is -1.88. The van der Waals surface area contributed by atoms with Crippen molar-refractivity contribution in [1.82, 2.24) is 0 Å². The second-order valence-electron chi connectivity index (χ2n) is 3.68. The predicted molar refractivity (Wildman–Crippen MR) is 80.4 cm³/mol. The lowest BCUT2D eigenvalue weighted by Gasteiger charge is -2.02. The Morgan fingerprint density at radius 2 is 1.80 bits per heavy atom. The molecule has 0 N–H and O–H groups in total. The minimum absolute atomic E-state index is 0.217. The van der Waals surface area contributed by atoms with Gasteiger partial charge in [0.2, 0.25) is 0 Å². The summed E-state index contributed by atoms with van der Waals surface area (Å²) in [6, 6.07) is 13.3. The smallest absolute Gasteiger partial charge is 0.258 e. The zero-order valence-corrected chi connectivity index (χ0v) is 12.2. The van der Waals surface area contributed by atoms with E-state index in [0.29, 0.717) is 10.6 Å². The number of non-ortho nitro benzene ring substituents is 1. The summed E-state index contributed by atoms with van der Waals surface area (Å²) < 4.78 is 13.2. The number of rotatable bonds is 4. The molecule has 0 bridgehead atoms. The lowest BCUT2D eigenvalue weighted by Crippen LogP contribution is -1.90. The molecular weight excluding hydrogens is 277 g/mol. The van der Waals surface area contributed by atoms with Crippen LogP contribution in [0.1, 0.15) is 19.4 Å². The minimum Gasteiger partial charge on any atom is -0.258 e. The lowest BCUT2D eigenvalue weighted by molar-refractivity contribution is -0.385. The first-order valence-corrected chi connectivity index (χ1v) is 7.25. The first kappa shape index (κ1) is 16.2. The Kier molecular flexibility index (Phi) is 6.73. The number of thioether (sulfide) groups is 1. The molecule has 0 saturated heterocycles. The number of benzene rings is 2. The topological polar surface area (TPSA) is 43.1 Å². The van der Waals surface area contributed by atoms with Crippen molar-refractivity contribution in [2.24, 2.45) is 0 Å². The van der Waals surface area contributed by atoms with Crippen molar-refractivity contribution in [3.05, 3.63) is 70.0 Å². The highest BCUT2D eigenvalue weighted by molar-refractivity contribution is 7.98. The van der Waals surface area contributed by atoms with Gasteiger partial charge in [0.1, 0.15) is 5.82 Å². The van der Waals surface area contributed by atoms with Crippen LogP contribution in [0.4, 0.5) is 10.1 Å². The van der Waals surface area contributed by atoms with Crippen LogP contribution in [0.5, 0.6) is 0 Å². The number of hydrogen-bond donors (Lipinski definition) is 0. The number of halogens is 1. The Bertz CT molecular complexity index is 561. The second kappa shape index (κ2) is 8.32. The number of nitro benzene ring substituents is 1. The van der Waals surface area contributed by atoms with E-state index in [4.69, 9.17) is 0 Å². The maximum atomic E-state index is 13.2. The van der Waals surface area contributed by atoms with Crippen LogP contribution in [-0.2, 0) is 5.75 Å². The molecule has 0 atom stereocenters. The van der Waals surface area contributed by atoms with E-state index < -0.39 is 10.7 Å². The first-order chi connectivity index (χ1) is 9.65. The Balaban J connectivity index is 0.000000956. The van der Waals surface area contributed by atoms with E-state index in [9.17, 15) is 14.5 Å². The van der Waals surface area contributed by atoms with Crippen molar-refractivity contribution < 1.29 is 9.31 Å². The van der Waals surface area contributed by atoms with Crippen LogP contribution in [0.3, 0.4) is 0 Å². The van der Waals surface area contributed by atoms with E-state index in [1.807, 2.05) is 44.2 Å². The molecule has 20 heavy (non-hydrogen) atoms. The van der Waals surface area contributed by atoms with Gasteiger partial charge in [0, 0.05) is 16.7 Å². The largest absolute Gasteiger partial charge is 0.273 e. The molecule has 0 aromatic heterocycles. The Morgan fingerprint density at radius 1 is 1.15 bits per heavy atom. The van der Waals surface area contributed by atoms with Crippen LogP contribution in [0.25, 0.3) is 0 Å².